The Hall–Kier alpha value is -1.22. The summed E-state index contributed by atoms with van der Waals surface area (Å²) in [7, 11) is 1.64. The highest BCUT2D eigenvalue weighted by atomic mass is 16.5. The minimum absolute atomic E-state index is 0.0134. The van der Waals surface area contributed by atoms with Gasteiger partial charge in [0, 0.05) is 11.6 Å². The first-order valence-corrected chi connectivity index (χ1v) is 6.80. The zero-order valence-electron chi connectivity index (χ0n) is 12.7. The zero-order chi connectivity index (χ0) is 14.4. The average Bonchev–Trinajstić information content (AvgIpc) is 2.32. The number of methoxy groups -OCH3 is 1. The normalized spacial score (nSPS) is 23.1. The lowest BCUT2D eigenvalue weighted by Crippen LogP contribution is -2.32. The molecule has 106 valence electrons. The number of rotatable bonds is 1. The fourth-order valence-corrected chi connectivity index (χ4v) is 2.81. The van der Waals surface area contributed by atoms with E-state index in [-0.39, 0.29) is 17.6 Å². The molecule has 3 nitrogen and oxygen atoms in total. The Bertz CT molecular complexity index is 486. The predicted molar refractivity (Wildman–Crippen MR) is 75.8 cm³/mol. The van der Waals surface area contributed by atoms with Gasteiger partial charge in [-0.15, -0.1) is 0 Å². The van der Waals surface area contributed by atoms with Crippen molar-refractivity contribution >= 4 is 0 Å². The van der Waals surface area contributed by atoms with E-state index in [1.807, 2.05) is 6.92 Å². The first-order valence-electron chi connectivity index (χ1n) is 6.80. The van der Waals surface area contributed by atoms with E-state index >= 15 is 0 Å². The molecule has 0 aliphatic carbocycles. The minimum Gasteiger partial charge on any atom is -0.508 e. The Labute approximate surface area is 115 Å². The molecule has 0 fully saturated rings. The van der Waals surface area contributed by atoms with Gasteiger partial charge in [0.25, 0.3) is 0 Å². The van der Waals surface area contributed by atoms with Crippen LogP contribution in [0.15, 0.2) is 6.07 Å². The van der Waals surface area contributed by atoms with E-state index in [0.29, 0.717) is 5.75 Å². The van der Waals surface area contributed by atoms with E-state index in [4.69, 9.17) is 9.47 Å². The first kappa shape index (κ1) is 14.2. The number of fused-ring (bicyclic) bond motifs is 1. The van der Waals surface area contributed by atoms with Gasteiger partial charge in [0.15, 0.2) is 0 Å². The van der Waals surface area contributed by atoms with Crippen molar-refractivity contribution in [2.45, 2.75) is 53.2 Å². The molecule has 0 amide bonds. The third-order valence-electron chi connectivity index (χ3n) is 3.82. The lowest BCUT2D eigenvalue weighted by molar-refractivity contribution is -0.0731. The molecule has 1 aromatic rings. The highest BCUT2D eigenvalue weighted by Gasteiger charge is 2.37. The van der Waals surface area contributed by atoms with Gasteiger partial charge in [-0.05, 0) is 36.8 Å². The highest BCUT2D eigenvalue weighted by Crippen LogP contribution is 2.48. The molecule has 0 radical (unpaired) electrons. The second-order valence-electron chi connectivity index (χ2n) is 6.51. The lowest BCUT2D eigenvalue weighted by atomic mass is 9.78. The number of hydrogen-bond acceptors (Lipinski definition) is 3. The maximum atomic E-state index is 10.0. The topological polar surface area (TPSA) is 38.7 Å². The molecule has 1 aliphatic heterocycles. The van der Waals surface area contributed by atoms with E-state index in [9.17, 15) is 5.11 Å². The van der Waals surface area contributed by atoms with Crippen LogP contribution in [0.2, 0.25) is 0 Å². The molecule has 3 heteroatoms. The SMILES string of the molecule is COc1cc(O)c(C)c2c1C(C(C)(C)C)O[C@@H](C)C2. The summed E-state index contributed by atoms with van der Waals surface area (Å²) < 4.78 is 11.6. The Kier molecular flexibility index (Phi) is 3.52. The van der Waals surface area contributed by atoms with Gasteiger partial charge in [-0.25, -0.2) is 0 Å². The summed E-state index contributed by atoms with van der Waals surface area (Å²) in [5.74, 6) is 1.03. The van der Waals surface area contributed by atoms with Gasteiger partial charge in [-0.2, -0.15) is 0 Å². The quantitative estimate of drug-likeness (QED) is 0.839. The van der Waals surface area contributed by atoms with Crippen LogP contribution in [0.3, 0.4) is 0 Å². The van der Waals surface area contributed by atoms with Gasteiger partial charge >= 0.3 is 0 Å². The summed E-state index contributed by atoms with van der Waals surface area (Å²) in [4.78, 5) is 0. The molecule has 1 unspecified atom stereocenters. The van der Waals surface area contributed by atoms with Crippen molar-refractivity contribution in [1.82, 2.24) is 0 Å². The van der Waals surface area contributed by atoms with Crippen molar-refractivity contribution in [2.24, 2.45) is 5.41 Å². The molecule has 2 atom stereocenters. The van der Waals surface area contributed by atoms with E-state index in [1.54, 1.807) is 13.2 Å². The van der Waals surface area contributed by atoms with Crippen LogP contribution in [0, 0.1) is 12.3 Å². The van der Waals surface area contributed by atoms with Crippen molar-refractivity contribution < 1.29 is 14.6 Å². The van der Waals surface area contributed by atoms with Gasteiger partial charge < -0.3 is 14.6 Å². The molecule has 1 aromatic carbocycles. The summed E-state index contributed by atoms with van der Waals surface area (Å²) in [5, 5.41) is 10.0. The van der Waals surface area contributed by atoms with Gasteiger partial charge in [0.05, 0.1) is 19.3 Å². The molecule has 0 aromatic heterocycles. The highest BCUT2D eigenvalue weighted by molar-refractivity contribution is 5.54. The number of phenolic OH excluding ortho intramolecular Hbond substituents is 1. The third-order valence-corrected chi connectivity index (χ3v) is 3.82. The fourth-order valence-electron chi connectivity index (χ4n) is 2.81. The smallest absolute Gasteiger partial charge is 0.128 e. The summed E-state index contributed by atoms with van der Waals surface area (Å²) in [6.45, 7) is 10.5. The number of hydrogen-bond donors (Lipinski definition) is 1. The largest absolute Gasteiger partial charge is 0.508 e. The molecule has 0 saturated heterocycles. The van der Waals surface area contributed by atoms with E-state index in [2.05, 4.69) is 27.7 Å². The maximum absolute atomic E-state index is 10.0. The molecule has 1 aliphatic rings. The molecule has 0 spiro atoms. The van der Waals surface area contributed by atoms with Gasteiger partial charge in [0.1, 0.15) is 11.5 Å². The van der Waals surface area contributed by atoms with Gasteiger partial charge in [-0.3, -0.25) is 0 Å². The Morgan fingerprint density at radius 3 is 2.53 bits per heavy atom. The van der Waals surface area contributed by atoms with Crippen LogP contribution in [-0.2, 0) is 11.2 Å². The number of benzene rings is 1. The van der Waals surface area contributed by atoms with E-state index in [0.717, 1.165) is 23.3 Å². The standard InChI is InChI=1S/C16H24O3/c1-9-7-11-10(2)12(17)8-13(18-6)14(11)15(19-9)16(3,4)5/h8-9,15,17H,7H2,1-6H3/t9-,15?/m0/s1. The molecule has 19 heavy (non-hydrogen) atoms. The molecule has 0 bridgehead atoms. The fraction of sp³-hybridized carbons (Fsp3) is 0.625. The Morgan fingerprint density at radius 1 is 1.37 bits per heavy atom. The van der Waals surface area contributed by atoms with Crippen molar-refractivity contribution in [3.05, 3.63) is 22.8 Å². The molecular weight excluding hydrogens is 240 g/mol. The van der Waals surface area contributed by atoms with Crippen molar-refractivity contribution in [2.75, 3.05) is 7.11 Å². The molecule has 0 saturated carbocycles. The van der Waals surface area contributed by atoms with Crippen molar-refractivity contribution in [3.8, 4) is 11.5 Å². The number of aromatic hydroxyl groups is 1. The molecular formula is C16H24O3. The second-order valence-corrected chi connectivity index (χ2v) is 6.51. The maximum Gasteiger partial charge on any atom is 0.128 e. The van der Waals surface area contributed by atoms with Crippen LogP contribution < -0.4 is 4.74 Å². The first-order chi connectivity index (χ1) is 8.75. The molecule has 2 rings (SSSR count). The van der Waals surface area contributed by atoms with Crippen LogP contribution in [0.25, 0.3) is 0 Å². The summed E-state index contributed by atoms with van der Waals surface area (Å²) in [6.07, 6.45) is 0.959. The van der Waals surface area contributed by atoms with Crippen LogP contribution in [0.4, 0.5) is 0 Å². The van der Waals surface area contributed by atoms with Crippen molar-refractivity contribution in [3.63, 3.8) is 0 Å². The summed E-state index contributed by atoms with van der Waals surface area (Å²) in [5.41, 5.74) is 3.21. The summed E-state index contributed by atoms with van der Waals surface area (Å²) in [6, 6.07) is 1.70. The monoisotopic (exact) mass is 264 g/mol. The summed E-state index contributed by atoms with van der Waals surface area (Å²) >= 11 is 0. The lowest BCUT2D eigenvalue weighted by Gasteiger charge is -2.40. The Morgan fingerprint density at radius 2 is 2.00 bits per heavy atom. The van der Waals surface area contributed by atoms with Crippen LogP contribution in [0.1, 0.15) is 50.5 Å². The Balaban J connectivity index is 2.68. The van der Waals surface area contributed by atoms with Crippen LogP contribution in [0.5, 0.6) is 11.5 Å². The second kappa shape index (κ2) is 4.71. The number of phenols is 1. The van der Waals surface area contributed by atoms with Crippen LogP contribution >= 0.6 is 0 Å². The van der Waals surface area contributed by atoms with Gasteiger partial charge in [-0.1, -0.05) is 20.8 Å². The van der Waals surface area contributed by atoms with Crippen molar-refractivity contribution in [1.29, 1.82) is 0 Å². The van der Waals surface area contributed by atoms with Gasteiger partial charge in [0.2, 0.25) is 0 Å². The van der Waals surface area contributed by atoms with E-state index in [1.165, 1.54) is 5.56 Å². The third kappa shape index (κ3) is 2.44. The molecule has 1 N–H and O–H groups in total. The zero-order valence-corrected chi connectivity index (χ0v) is 12.7. The minimum atomic E-state index is -0.0138. The number of ether oxygens (including phenoxy) is 2. The van der Waals surface area contributed by atoms with Crippen LogP contribution in [-0.4, -0.2) is 18.3 Å². The molecule has 1 heterocycles. The average molecular weight is 264 g/mol. The van der Waals surface area contributed by atoms with E-state index < -0.39 is 0 Å². The predicted octanol–water partition coefficient (Wildman–Crippen LogP) is 3.76.